The molecule has 5 nitrogen and oxygen atoms in total. The first-order valence-corrected chi connectivity index (χ1v) is 6.80. The van der Waals surface area contributed by atoms with Crippen molar-refractivity contribution in [2.75, 3.05) is 19.5 Å². The summed E-state index contributed by atoms with van der Waals surface area (Å²) in [5.74, 6) is -0.0458. The van der Waals surface area contributed by atoms with E-state index in [-0.39, 0.29) is 5.56 Å². The fraction of sp³-hybridized carbons (Fsp3) is 0.308. The number of nitrogens with zero attached hydrogens (tertiary/aromatic N) is 2. The number of hydrogen-bond donors (Lipinski definition) is 1. The van der Waals surface area contributed by atoms with Gasteiger partial charge in [-0.25, -0.2) is 14.8 Å². The molecule has 2 aromatic rings. The van der Waals surface area contributed by atoms with Crippen LogP contribution in [0.2, 0.25) is 0 Å². The highest BCUT2D eigenvalue weighted by Crippen LogP contribution is 2.25. The third-order valence-electron chi connectivity index (χ3n) is 2.58. The van der Waals surface area contributed by atoms with Gasteiger partial charge in [0.05, 0.1) is 11.1 Å². The van der Waals surface area contributed by atoms with Crippen LogP contribution in [0.3, 0.4) is 0 Å². The summed E-state index contributed by atoms with van der Waals surface area (Å²) < 4.78 is 5.00. The second-order valence-electron chi connectivity index (χ2n) is 3.91. The lowest BCUT2D eigenvalue weighted by molar-refractivity contribution is 0.0697. The van der Waals surface area contributed by atoms with Crippen LogP contribution in [0.15, 0.2) is 29.6 Å². The summed E-state index contributed by atoms with van der Waals surface area (Å²) in [6.45, 7) is 0.721. The molecule has 0 bridgehead atoms. The number of thioether (sulfide) groups is 1. The fourth-order valence-corrected chi connectivity index (χ4v) is 2.56. The number of carboxylic acids is 1. The van der Waals surface area contributed by atoms with E-state index in [1.54, 1.807) is 37.1 Å². The van der Waals surface area contributed by atoms with Crippen LogP contribution >= 0.6 is 11.8 Å². The molecule has 0 amide bonds. The van der Waals surface area contributed by atoms with E-state index in [0.29, 0.717) is 5.52 Å². The Morgan fingerprint density at radius 1 is 1.42 bits per heavy atom. The van der Waals surface area contributed by atoms with E-state index in [9.17, 15) is 4.79 Å². The SMILES string of the molecule is COCCCSc1ncnc2cc(C(=O)O)ccc12. The first-order valence-electron chi connectivity index (χ1n) is 5.82. The van der Waals surface area contributed by atoms with E-state index >= 15 is 0 Å². The van der Waals surface area contributed by atoms with Crippen molar-refractivity contribution in [3.63, 3.8) is 0 Å². The smallest absolute Gasteiger partial charge is 0.335 e. The van der Waals surface area contributed by atoms with Crippen LogP contribution < -0.4 is 0 Å². The molecule has 1 aromatic heterocycles. The van der Waals surface area contributed by atoms with Gasteiger partial charge in [-0.3, -0.25) is 0 Å². The van der Waals surface area contributed by atoms with Gasteiger partial charge in [-0.05, 0) is 24.6 Å². The first-order chi connectivity index (χ1) is 9.22. The molecule has 6 heteroatoms. The third kappa shape index (κ3) is 3.42. The lowest BCUT2D eigenvalue weighted by atomic mass is 10.1. The van der Waals surface area contributed by atoms with Crippen molar-refractivity contribution < 1.29 is 14.6 Å². The molecule has 0 radical (unpaired) electrons. The summed E-state index contributed by atoms with van der Waals surface area (Å²) in [6.07, 6.45) is 2.41. The molecule has 0 saturated heterocycles. The van der Waals surface area contributed by atoms with Crippen LogP contribution in [0.5, 0.6) is 0 Å². The molecule has 2 rings (SSSR count). The second kappa shape index (κ2) is 6.49. The normalized spacial score (nSPS) is 10.8. The molecule has 0 saturated carbocycles. The maximum absolute atomic E-state index is 10.9. The fourth-order valence-electron chi connectivity index (χ4n) is 1.65. The average Bonchev–Trinajstić information content (AvgIpc) is 2.43. The van der Waals surface area contributed by atoms with Crippen molar-refractivity contribution in [1.29, 1.82) is 0 Å². The van der Waals surface area contributed by atoms with Crippen LogP contribution in [0.1, 0.15) is 16.8 Å². The molecule has 0 aliphatic heterocycles. The van der Waals surface area contributed by atoms with Gasteiger partial charge >= 0.3 is 5.97 Å². The zero-order valence-corrected chi connectivity index (χ0v) is 11.3. The maximum Gasteiger partial charge on any atom is 0.335 e. The van der Waals surface area contributed by atoms with Crippen molar-refractivity contribution in [1.82, 2.24) is 9.97 Å². The summed E-state index contributed by atoms with van der Waals surface area (Å²) >= 11 is 1.63. The largest absolute Gasteiger partial charge is 0.478 e. The summed E-state index contributed by atoms with van der Waals surface area (Å²) in [5, 5.41) is 10.7. The Morgan fingerprint density at radius 2 is 2.26 bits per heavy atom. The number of carboxylic acid groups (broad SMARTS) is 1. The molecular weight excluding hydrogens is 264 g/mol. The molecule has 0 aliphatic carbocycles. The minimum Gasteiger partial charge on any atom is -0.478 e. The number of rotatable bonds is 6. The van der Waals surface area contributed by atoms with Crippen molar-refractivity contribution in [3.8, 4) is 0 Å². The Balaban J connectivity index is 2.22. The van der Waals surface area contributed by atoms with E-state index in [1.807, 2.05) is 0 Å². The molecule has 0 spiro atoms. The number of ether oxygens (including phenoxy) is 1. The summed E-state index contributed by atoms with van der Waals surface area (Å²) in [5.41, 5.74) is 0.894. The zero-order chi connectivity index (χ0) is 13.7. The molecule has 100 valence electrons. The van der Waals surface area contributed by atoms with Gasteiger partial charge in [0.15, 0.2) is 0 Å². The standard InChI is InChI=1S/C13H14N2O3S/c1-18-5-2-6-19-12-10-4-3-9(13(16)17)7-11(10)14-8-15-12/h3-4,7-8H,2,5-6H2,1H3,(H,16,17). The Bertz CT molecular complexity index is 589. The van der Waals surface area contributed by atoms with Gasteiger partial charge in [0, 0.05) is 24.9 Å². The Labute approximate surface area is 115 Å². The molecule has 0 aliphatic rings. The Hall–Kier alpha value is -1.66. The molecule has 0 unspecified atom stereocenters. The van der Waals surface area contributed by atoms with Gasteiger partial charge in [-0.1, -0.05) is 0 Å². The lowest BCUT2D eigenvalue weighted by Gasteiger charge is -2.05. The lowest BCUT2D eigenvalue weighted by Crippen LogP contribution is -1.97. The summed E-state index contributed by atoms with van der Waals surface area (Å²) in [7, 11) is 1.68. The highest BCUT2D eigenvalue weighted by molar-refractivity contribution is 7.99. The van der Waals surface area contributed by atoms with E-state index in [4.69, 9.17) is 9.84 Å². The highest BCUT2D eigenvalue weighted by Gasteiger charge is 2.08. The predicted molar refractivity (Wildman–Crippen MR) is 73.7 cm³/mol. The third-order valence-corrected chi connectivity index (χ3v) is 3.67. The molecule has 1 heterocycles. The first kappa shape index (κ1) is 13.8. The van der Waals surface area contributed by atoms with Crippen molar-refractivity contribution in [2.45, 2.75) is 11.4 Å². The minimum atomic E-state index is -0.949. The van der Waals surface area contributed by atoms with Gasteiger partial charge < -0.3 is 9.84 Å². The number of aromatic nitrogens is 2. The van der Waals surface area contributed by atoms with E-state index in [1.165, 1.54) is 6.33 Å². The molecular formula is C13H14N2O3S. The quantitative estimate of drug-likeness (QED) is 0.497. The average molecular weight is 278 g/mol. The van der Waals surface area contributed by atoms with Gasteiger partial charge in [0.1, 0.15) is 11.4 Å². The van der Waals surface area contributed by atoms with Crippen LogP contribution in [0, 0.1) is 0 Å². The van der Waals surface area contributed by atoms with E-state index in [2.05, 4.69) is 9.97 Å². The monoisotopic (exact) mass is 278 g/mol. The number of methoxy groups -OCH3 is 1. The van der Waals surface area contributed by atoms with E-state index in [0.717, 1.165) is 29.2 Å². The minimum absolute atomic E-state index is 0.238. The second-order valence-corrected chi connectivity index (χ2v) is 4.99. The molecule has 0 fully saturated rings. The maximum atomic E-state index is 10.9. The van der Waals surface area contributed by atoms with Crippen molar-refractivity contribution >= 4 is 28.6 Å². The van der Waals surface area contributed by atoms with Gasteiger partial charge in [0.2, 0.25) is 0 Å². The van der Waals surface area contributed by atoms with Crippen LogP contribution in [0.4, 0.5) is 0 Å². The van der Waals surface area contributed by atoms with Crippen molar-refractivity contribution in [3.05, 3.63) is 30.1 Å². The number of aromatic carboxylic acids is 1. The van der Waals surface area contributed by atoms with Gasteiger partial charge in [0.25, 0.3) is 0 Å². The number of carbonyl (C=O) groups is 1. The molecule has 1 N–H and O–H groups in total. The Morgan fingerprint density at radius 3 is 3.00 bits per heavy atom. The Kier molecular flexibility index (Phi) is 4.70. The van der Waals surface area contributed by atoms with Crippen LogP contribution in [0.25, 0.3) is 10.9 Å². The predicted octanol–water partition coefficient (Wildman–Crippen LogP) is 2.46. The summed E-state index contributed by atoms with van der Waals surface area (Å²) in [4.78, 5) is 19.3. The van der Waals surface area contributed by atoms with Crippen LogP contribution in [-0.4, -0.2) is 40.5 Å². The van der Waals surface area contributed by atoms with Gasteiger partial charge in [-0.2, -0.15) is 0 Å². The van der Waals surface area contributed by atoms with Crippen molar-refractivity contribution in [2.24, 2.45) is 0 Å². The zero-order valence-electron chi connectivity index (χ0n) is 10.5. The van der Waals surface area contributed by atoms with Gasteiger partial charge in [-0.15, -0.1) is 11.8 Å². The molecule has 19 heavy (non-hydrogen) atoms. The number of benzene rings is 1. The van der Waals surface area contributed by atoms with Crippen LogP contribution in [-0.2, 0) is 4.74 Å². The number of fused-ring (bicyclic) bond motifs is 1. The molecule has 1 aromatic carbocycles. The summed E-state index contributed by atoms with van der Waals surface area (Å²) in [6, 6.07) is 4.91. The topological polar surface area (TPSA) is 72.3 Å². The number of hydrogen-bond acceptors (Lipinski definition) is 5. The molecule has 0 atom stereocenters. The van der Waals surface area contributed by atoms with E-state index < -0.39 is 5.97 Å². The highest BCUT2D eigenvalue weighted by atomic mass is 32.2.